The maximum absolute atomic E-state index is 11.7. The van der Waals surface area contributed by atoms with Crippen molar-refractivity contribution in [2.24, 2.45) is 0 Å². The first kappa shape index (κ1) is 9.19. The molecule has 1 atom stereocenters. The van der Waals surface area contributed by atoms with Crippen LogP contribution in [-0.2, 0) is 9.53 Å². The van der Waals surface area contributed by atoms with Crippen molar-refractivity contribution in [3.63, 3.8) is 0 Å². The van der Waals surface area contributed by atoms with Gasteiger partial charge in [-0.25, -0.2) is 9.18 Å². The molecule has 0 N–H and O–H groups in total. The van der Waals surface area contributed by atoms with Crippen molar-refractivity contribution in [1.29, 1.82) is 0 Å². The highest BCUT2D eigenvalue weighted by molar-refractivity contribution is 5.75. The van der Waals surface area contributed by atoms with Crippen LogP contribution in [-0.4, -0.2) is 25.4 Å². The molecule has 0 aromatic carbocycles. The number of esters is 1. The Kier molecular flexibility index (Phi) is 2.62. The highest BCUT2D eigenvalue weighted by Gasteiger charge is 2.46. The van der Waals surface area contributed by atoms with Gasteiger partial charge in [0.25, 0.3) is 6.17 Å². The predicted molar refractivity (Wildman–Crippen MR) is 23.0 cm³/mol. The molecule has 0 saturated carbocycles. The Morgan fingerprint density at radius 1 is 1.50 bits per heavy atom. The summed E-state index contributed by atoms with van der Waals surface area (Å²) in [7, 11) is 0.681. The molecule has 0 heterocycles. The summed E-state index contributed by atoms with van der Waals surface area (Å²) in [5, 5.41) is 0. The van der Waals surface area contributed by atoms with Gasteiger partial charge in [-0.2, -0.15) is 13.2 Å². The minimum Gasteiger partial charge on any atom is -0.467 e. The van der Waals surface area contributed by atoms with Gasteiger partial charge in [0.1, 0.15) is 0 Å². The maximum Gasteiger partial charge on any atom is 0.430 e. The van der Waals surface area contributed by atoms with E-state index in [0.29, 0.717) is 7.11 Å². The van der Waals surface area contributed by atoms with Gasteiger partial charge in [0, 0.05) is 0 Å². The number of carbonyl (C=O) groups is 1. The minimum atomic E-state index is -5.16. The van der Waals surface area contributed by atoms with E-state index in [1.165, 1.54) is 0 Å². The van der Waals surface area contributed by atoms with E-state index in [2.05, 4.69) is 4.74 Å². The van der Waals surface area contributed by atoms with Gasteiger partial charge < -0.3 is 4.74 Å². The molecular formula is C4H4F4O2. The van der Waals surface area contributed by atoms with Crippen molar-refractivity contribution < 1.29 is 27.1 Å². The van der Waals surface area contributed by atoms with Crippen molar-refractivity contribution in [2.45, 2.75) is 12.3 Å². The molecule has 0 unspecified atom stereocenters. The molecule has 0 aliphatic rings. The van der Waals surface area contributed by atoms with Crippen LogP contribution in [0.2, 0.25) is 0 Å². The topological polar surface area (TPSA) is 26.3 Å². The minimum absolute atomic E-state index is 0.681. The lowest BCUT2D eigenvalue weighted by Gasteiger charge is -2.08. The standard InChI is InChI=1S/C4H4F4O2/c1-10-3(9)2(5)4(6,7)8/h2H,1H3/t2-/m1/s1. The van der Waals surface area contributed by atoms with E-state index in [1.54, 1.807) is 0 Å². The Balaban J connectivity index is 4.08. The summed E-state index contributed by atoms with van der Waals surface area (Å²) in [6, 6.07) is 0. The predicted octanol–water partition coefficient (Wildman–Crippen LogP) is 1.06. The zero-order valence-corrected chi connectivity index (χ0v) is 4.91. The lowest BCUT2D eigenvalue weighted by molar-refractivity contribution is -0.199. The second kappa shape index (κ2) is 2.85. The molecule has 0 spiro atoms. The molecule has 0 aromatic heterocycles. The van der Waals surface area contributed by atoms with Crippen molar-refractivity contribution in [1.82, 2.24) is 0 Å². The largest absolute Gasteiger partial charge is 0.467 e. The molecule has 0 saturated heterocycles. The lowest BCUT2D eigenvalue weighted by atomic mass is 10.4. The summed E-state index contributed by atoms with van der Waals surface area (Å²) in [6.45, 7) is 0. The van der Waals surface area contributed by atoms with Crippen LogP contribution in [0, 0.1) is 0 Å². The van der Waals surface area contributed by atoms with Gasteiger partial charge in [-0.15, -0.1) is 0 Å². The fourth-order valence-electron chi connectivity index (χ4n) is 0.237. The van der Waals surface area contributed by atoms with Gasteiger partial charge in [0.15, 0.2) is 0 Å². The van der Waals surface area contributed by atoms with Crippen LogP contribution in [0.4, 0.5) is 17.6 Å². The monoisotopic (exact) mass is 160 g/mol. The third-order valence-electron chi connectivity index (χ3n) is 0.696. The van der Waals surface area contributed by atoms with Crippen LogP contribution in [0.5, 0.6) is 0 Å². The third-order valence-corrected chi connectivity index (χ3v) is 0.696. The fourth-order valence-corrected chi connectivity index (χ4v) is 0.237. The van der Waals surface area contributed by atoms with Crippen molar-refractivity contribution >= 4 is 5.97 Å². The SMILES string of the molecule is COC(=O)[C@@H](F)C(F)(F)F. The Hall–Kier alpha value is -0.810. The molecule has 0 bridgehead atoms. The number of methoxy groups -OCH3 is 1. The number of ether oxygens (including phenoxy) is 1. The molecule has 60 valence electrons. The van der Waals surface area contributed by atoms with Crippen LogP contribution in [0.1, 0.15) is 0 Å². The zero-order valence-electron chi connectivity index (χ0n) is 4.91. The van der Waals surface area contributed by atoms with E-state index >= 15 is 0 Å². The van der Waals surface area contributed by atoms with Gasteiger partial charge in [0.05, 0.1) is 7.11 Å². The van der Waals surface area contributed by atoms with Crippen LogP contribution in [0.25, 0.3) is 0 Å². The average molecular weight is 160 g/mol. The summed E-state index contributed by atoms with van der Waals surface area (Å²) in [6.07, 6.45) is -8.69. The van der Waals surface area contributed by atoms with E-state index < -0.39 is 18.3 Å². The van der Waals surface area contributed by atoms with Crippen LogP contribution in [0.15, 0.2) is 0 Å². The maximum atomic E-state index is 11.7. The molecule has 10 heavy (non-hydrogen) atoms. The van der Waals surface area contributed by atoms with Gasteiger partial charge >= 0.3 is 12.1 Å². The van der Waals surface area contributed by atoms with Gasteiger partial charge in [-0.3, -0.25) is 0 Å². The molecule has 0 aromatic rings. The number of carbonyl (C=O) groups excluding carboxylic acids is 1. The summed E-state index contributed by atoms with van der Waals surface area (Å²) in [4.78, 5) is 9.84. The molecule has 0 aliphatic heterocycles. The van der Waals surface area contributed by atoms with Crippen LogP contribution >= 0.6 is 0 Å². The number of hydrogen-bond donors (Lipinski definition) is 0. The highest BCUT2D eigenvalue weighted by atomic mass is 19.4. The molecule has 0 amide bonds. The second-order valence-electron chi connectivity index (χ2n) is 1.43. The lowest BCUT2D eigenvalue weighted by Crippen LogP contribution is -2.33. The Morgan fingerprint density at radius 2 is 1.90 bits per heavy atom. The molecular weight excluding hydrogens is 156 g/mol. The fraction of sp³-hybridized carbons (Fsp3) is 0.750. The number of rotatable bonds is 1. The highest BCUT2D eigenvalue weighted by Crippen LogP contribution is 2.23. The molecule has 0 aliphatic carbocycles. The van der Waals surface area contributed by atoms with Crippen molar-refractivity contribution in [2.75, 3.05) is 7.11 Å². The Bertz CT molecular complexity index is 130. The molecule has 0 rings (SSSR count). The van der Waals surface area contributed by atoms with Gasteiger partial charge in [0.2, 0.25) is 0 Å². The van der Waals surface area contributed by atoms with Gasteiger partial charge in [-0.1, -0.05) is 0 Å². The quantitative estimate of drug-likeness (QED) is 0.423. The van der Waals surface area contributed by atoms with Crippen molar-refractivity contribution in [3.05, 3.63) is 0 Å². The first-order valence-corrected chi connectivity index (χ1v) is 2.18. The molecule has 0 fully saturated rings. The smallest absolute Gasteiger partial charge is 0.430 e. The first-order valence-electron chi connectivity index (χ1n) is 2.18. The molecule has 0 radical (unpaired) electrons. The van der Waals surface area contributed by atoms with Crippen LogP contribution in [0.3, 0.4) is 0 Å². The third kappa shape index (κ3) is 2.20. The number of hydrogen-bond acceptors (Lipinski definition) is 2. The zero-order chi connectivity index (χ0) is 8.36. The number of alkyl halides is 4. The average Bonchev–Trinajstić information content (AvgIpc) is 1.83. The van der Waals surface area contributed by atoms with E-state index in [4.69, 9.17) is 0 Å². The summed E-state index contributed by atoms with van der Waals surface area (Å²) >= 11 is 0. The Labute approximate surface area is 53.8 Å². The summed E-state index contributed by atoms with van der Waals surface area (Å²) in [5.41, 5.74) is 0. The number of halogens is 4. The second-order valence-corrected chi connectivity index (χ2v) is 1.43. The summed E-state index contributed by atoms with van der Waals surface area (Å²) < 4.78 is 48.8. The van der Waals surface area contributed by atoms with Crippen molar-refractivity contribution in [3.8, 4) is 0 Å². The molecule has 2 nitrogen and oxygen atoms in total. The van der Waals surface area contributed by atoms with E-state index in [-0.39, 0.29) is 0 Å². The Morgan fingerprint density at radius 3 is 2.00 bits per heavy atom. The normalized spacial score (nSPS) is 14.5. The van der Waals surface area contributed by atoms with Crippen LogP contribution < -0.4 is 0 Å². The van der Waals surface area contributed by atoms with E-state index in [1.807, 2.05) is 0 Å². The van der Waals surface area contributed by atoms with E-state index in [0.717, 1.165) is 0 Å². The van der Waals surface area contributed by atoms with E-state index in [9.17, 15) is 22.4 Å². The van der Waals surface area contributed by atoms with Gasteiger partial charge in [-0.05, 0) is 0 Å². The molecule has 6 heteroatoms. The first-order chi connectivity index (χ1) is 4.39. The summed E-state index contributed by atoms with van der Waals surface area (Å²) in [5.74, 6) is -1.92.